The quantitative estimate of drug-likeness (QED) is 0.886. The maximum Gasteiger partial charge on any atom is 0.326 e. The van der Waals surface area contributed by atoms with Gasteiger partial charge < -0.3 is 14.7 Å². The van der Waals surface area contributed by atoms with Gasteiger partial charge in [0, 0.05) is 25.0 Å². The van der Waals surface area contributed by atoms with Crippen molar-refractivity contribution in [1.82, 2.24) is 4.98 Å². The number of hydrogen-bond acceptors (Lipinski definition) is 5. The first-order chi connectivity index (χ1) is 8.02. The summed E-state index contributed by atoms with van der Waals surface area (Å²) < 4.78 is 5.25. The number of methoxy groups -OCH3 is 1. The number of aliphatic carboxylic acids is 1. The van der Waals surface area contributed by atoms with Crippen LogP contribution >= 0.6 is 11.3 Å². The summed E-state index contributed by atoms with van der Waals surface area (Å²) in [5.74, 6) is -0.810. The van der Waals surface area contributed by atoms with Crippen LogP contribution < -0.4 is 4.90 Å². The highest BCUT2D eigenvalue weighted by atomic mass is 32.1. The van der Waals surface area contributed by atoms with Gasteiger partial charge in [0.05, 0.1) is 11.8 Å². The van der Waals surface area contributed by atoms with Gasteiger partial charge in [-0.3, -0.25) is 0 Å². The molecular weight excluding hydrogens is 240 g/mol. The Morgan fingerprint density at radius 2 is 2.29 bits per heavy atom. The SMILES string of the molecule is COC1CC(C(=O)O)N(c2nc(C)c(C)s2)C1. The van der Waals surface area contributed by atoms with Gasteiger partial charge in [-0.15, -0.1) is 11.3 Å². The minimum absolute atomic E-state index is 0.0272. The highest BCUT2D eigenvalue weighted by Gasteiger charge is 2.38. The summed E-state index contributed by atoms with van der Waals surface area (Å²) in [5.41, 5.74) is 0.968. The number of carbonyl (C=O) groups is 1. The zero-order valence-electron chi connectivity index (χ0n) is 10.1. The number of ether oxygens (including phenoxy) is 1. The van der Waals surface area contributed by atoms with E-state index >= 15 is 0 Å². The minimum atomic E-state index is -0.810. The maximum atomic E-state index is 11.2. The van der Waals surface area contributed by atoms with Crippen LogP contribution in [-0.2, 0) is 9.53 Å². The maximum absolute atomic E-state index is 11.2. The molecular formula is C11H16N2O3S. The lowest BCUT2D eigenvalue weighted by Crippen LogP contribution is -2.35. The van der Waals surface area contributed by atoms with Crippen molar-refractivity contribution in [3.63, 3.8) is 0 Å². The Balaban J connectivity index is 2.26. The van der Waals surface area contributed by atoms with E-state index in [1.165, 1.54) is 0 Å². The topological polar surface area (TPSA) is 62.7 Å². The third-order valence-corrected chi connectivity index (χ3v) is 4.25. The summed E-state index contributed by atoms with van der Waals surface area (Å²) >= 11 is 1.54. The Bertz CT molecular complexity index is 413. The van der Waals surface area contributed by atoms with Crippen LogP contribution in [0.1, 0.15) is 17.0 Å². The van der Waals surface area contributed by atoms with Crippen molar-refractivity contribution in [3.05, 3.63) is 10.6 Å². The van der Waals surface area contributed by atoms with Gasteiger partial charge in [-0.1, -0.05) is 0 Å². The van der Waals surface area contributed by atoms with Crippen molar-refractivity contribution in [1.29, 1.82) is 0 Å². The highest BCUT2D eigenvalue weighted by molar-refractivity contribution is 7.15. The molecule has 1 N–H and O–H groups in total. The summed E-state index contributed by atoms with van der Waals surface area (Å²) in [4.78, 5) is 18.6. The number of anilines is 1. The average Bonchev–Trinajstić information content (AvgIpc) is 2.83. The second kappa shape index (κ2) is 4.62. The van der Waals surface area contributed by atoms with Crippen LogP contribution in [0, 0.1) is 13.8 Å². The van der Waals surface area contributed by atoms with E-state index in [1.807, 2.05) is 18.7 Å². The Morgan fingerprint density at radius 1 is 1.59 bits per heavy atom. The van der Waals surface area contributed by atoms with Crippen molar-refractivity contribution < 1.29 is 14.6 Å². The normalized spacial score (nSPS) is 24.3. The Labute approximate surface area is 104 Å². The van der Waals surface area contributed by atoms with Crippen LogP contribution in [0.5, 0.6) is 0 Å². The molecule has 0 radical (unpaired) electrons. The Morgan fingerprint density at radius 3 is 2.76 bits per heavy atom. The lowest BCUT2D eigenvalue weighted by molar-refractivity contribution is -0.138. The molecule has 1 aliphatic heterocycles. The first kappa shape index (κ1) is 12.3. The lowest BCUT2D eigenvalue weighted by atomic mass is 10.2. The Hall–Kier alpha value is -1.14. The first-order valence-corrected chi connectivity index (χ1v) is 6.31. The molecule has 1 saturated heterocycles. The van der Waals surface area contributed by atoms with Gasteiger partial charge in [-0.05, 0) is 13.8 Å². The largest absolute Gasteiger partial charge is 0.480 e. The summed E-state index contributed by atoms with van der Waals surface area (Å²) in [6.07, 6.45) is 0.490. The molecule has 0 bridgehead atoms. The number of nitrogens with zero attached hydrogens (tertiary/aromatic N) is 2. The summed E-state index contributed by atoms with van der Waals surface area (Å²) in [7, 11) is 1.62. The van der Waals surface area contributed by atoms with Crippen LogP contribution in [-0.4, -0.2) is 41.9 Å². The van der Waals surface area contributed by atoms with Crippen molar-refractivity contribution >= 4 is 22.4 Å². The molecule has 0 spiro atoms. The molecule has 94 valence electrons. The highest BCUT2D eigenvalue weighted by Crippen LogP contribution is 2.32. The average molecular weight is 256 g/mol. The number of carboxylic acids is 1. The van der Waals surface area contributed by atoms with E-state index in [-0.39, 0.29) is 6.10 Å². The molecule has 0 saturated carbocycles. The third kappa shape index (κ3) is 2.28. The zero-order valence-corrected chi connectivity index (χ0v) is 11.0. The lowest BCUT2D eigenvalue weighted by Gasteiger charge is -2.19. The predicted molar refractivity (Wildman–Crippen MR) is 65.8 cm³/mol. The number of hydrogen-bond donors (Lipinski definition) is 1. The first-order valence-electron chi connectivity index (χ1n) is 5.49. The molecule has 2 unspecified atom stereocenters. The van der Waals surface area contributed by atoms with E-state index in [2.05, 4.69) is 4.98 Å². The molecule has 2 rings (SSSR count). The summed E-state index contributed by atoms with van der Waals surface area (Å²) in [5, 5.41) is 10.00. The van der Waals surface area contributed by atoms with E-state index in [4.69, 9.17) is 4.74 Å². The number of carboxylic acid groups (broad SMARTS) is 1. The van der Waals surface area contributed by atoms with E-state index in [1.54, 1.807) is 18.4 Å². The molecule has 1 fully saturated rings. The molecule has 1 aliphatic rings. The van der Waals surface area contributed by atoms with E-state index in [0.29, 0.717) is 13.0 Å². The molecule has 6 heteroatoms. The summed E-state index contributed by atoms with van der Waals surface area (Å²) in [6, 6.07) is -0.523. The van der Waals surface area contributed by atoms with Crippen molar-refractivity contribution in [3.8, 4) is 0 Å². The van der Waals surface area contributed by atoms with Crippen LogP contribution in [0.3, 0.4) is 0 Å². The molecule has 17 heavy (non-hydrogen) atoms. The molecule has 2 atom stereocenters. The van der Waals surface area contributed by atoms with Gasteiger partial charge in [0.25, 0.3) is 0 Å². The van der Waals surface area contributed by atoms with Gasteiger partial charge in [0.15, 0.2) is 5.13 Å². The standard InChI is InChI=1S/C11H16N2O3S/c1-6-7(2)17-11(12-6)13-5-8(16-3)4-9(13)10(14)15/h8-9H,4-5H2,1-3H3,(H,14,15). The second-order valence-corrected chi connectivity index (χ2v) is 5.42. The number of thiazole rings is 1. The van der Waals surface area contributed by atoms with Crippen molar-refractivity contribution in [2.75, 3.05) is 18.6 Å². The van der Waals surface area contributed by atoms with E-state index in [9.17, 15) is 9.90 Å². The fourth-order valence-electron chi connectivity index (χ4n) is 1.99. The van der Waals surface area contributed by atoms with Gasteiger partial charge in [0.1, 0.15) is 6.04 Å². The fourth-order valence-corrected chi connectivity index (χ4v) is 2.96. The smallest absolute Gasteiger partial charge is 0.326 e. The van der Waals surface area contributed by atoms with Gasteiger partial charge in [0.2, 0.25) is 0 Å². The van der Waals surface area contributed by atoms with Gasteiger partial charge in [-0.25, -0.2) is 9.78 Å². The molecule has 0 aromatic carbocycles. The molecule has 1 aromatic rings. The molecule has 1 aromatic heterocycles. The van der Waals surface area contributed by atoms with E-state index in [0.717, 1.165) is 15.7 Å². The van der Waals surface area contributed by atoms with Crippen LogP contribution in [0.25, 0.3) is 0 Å². The van der Waals surface area contributed by atoms with Gasteiger partial charge >= 0.3 is 5.97 Å². The monoisotopic (exact) mass is 256 g/mol. The Kier molecular flexibility index (Phi) is 3.35. The third-order valence-electron chi connectivity index (χ3n) is 3.14. The summed E-state index contributed by atoms with van der Waals surface area (Å²) in [6.45, 7) is 4.53. The zero-order chi connectivity index (χ0) is 12.6. The van der Waals surface area contributed by atoms with Crippen LogP contribution in [0.2, 0.25) is 0 Å². The molecule has 0 aliphatic carbocycles. The molecule has 2 heterocycles. The number of aryl methyl sites for hydroxylation is 2. The van der Waals surface area contributed by atoms with Crippen molar-refractivity contribution in [2.45, 2.75) is 32.4 Å². The number of aromatic nitrogens is 1. The molecule has 5 nitrogen and oxygen atoms in total. The van der Waals surface area contributed by atoms with E-state index < -0.39 is 12.0 Å². The van der Waals surface area contributed by atoms with Crippen molar-refractivity contribution in [2.24, 2.45) is 0 Å². The van der Waals surface area contributed by atoms with Gasteiger partial charge in [-0.2, -0.15) is 0 Å². The van der Waals surface area contributed by atoms with Crippen LogP contribution in [0.4, 0.5) is 5.13 Å². The van der Waals surface area contributed by atoms with Crippen LogP contribution in [0.15, 0.2) is 0 Å². The minimum Gasteiger partial charge on any atom is -0.480 e. The fraction of sp³-hybridized carbons (Fsp3) is 0.636. The predicted octanol–water partition coefficient (Wildman–Crippen LogP) is 1.44. The number of rotatable bonds is 3. The second-order valence-electron chi connectivity index (χ2n) is 4.24. The molecule has 0 amide bonds.